The Morgan fingerprint density at radius 1 is 1.37 bits per heavy atom. The molecule has 0 fully saturated rings. The number of nitrogens with one attached hydrogen (secondary N) is 2. The monoisotopic (exact) mass is 260 g/mol. The molecule has 1 heterocycles. The highest BCUT2D eigenvalue weighted by Gasteiger charge is 2.10. The molecule has 0 radical (unpaired) electrons. The number of carbonyl (C=O) groups excluding carboxylic acids is 1. The van der Waals surface area contributed by atoms with E-state index in [1.807, 2.05) is 31.2 Å². The predicted octanol–water partition coefficient (Wildman–Crippen LogP) is 2.44. The molecule has 0 bridgehead atoms. The standard InChI is InChI=1S/C14H16N2O3/c1-10-4-2-3-5-12(10)16-14(18)15-8-13(17)11-6-7-19-9-11/h2-7,9,13,17H,8H2,1H3,(H2,15,16,18). The number of amides is 2. The third kappa shape index (κ3) is 3.59. The molecule has 0 saturated heterocycles. The maximum absolute atomic E-state index is 11.7. The quantitative estimate of drug-likeness (QED) is 0.790. The van der Waals surface area contributed by atoms with Gasteiger partial charge in [0.25, 0.3) is 0 Å². The summed E-state index contributed by atoms with van der Waals surface area (Å²) in [6.45, 7) is 2.03. The van der Waals surface area contributed by atoms with Crippen LogP contribution < -0.4 is 10.6 Å². The van der Waals surface area contributed by atoms with Crippen molar-refractivity contribution < 1.29 is 14.3 Å². The van der Waals surface area contributed by atoms with E-state index >= 15 is 0 Å². The zero-order chi connectivity index (χ0) is 13.7. The molecule has 3 N–H and O–H groups in total. The van der Waals surface area contributed by atoms with Crippen LogP contribution >= 0.6 is 0 Å². The first-order chi connectivity index (χ1) is 9.16. The molecule has 0 saturated carbocycles. The molecule has 2 aromatic rings. The average Bonchev–Trinajstić information content (AvgIpc) is 2.93. The number of anilines is 1. The normalized spacial score (nSPS) is 11.9. The van der Waals surface area contributed by atoms with Crippen molar-refractivity contribution in [1.29, 1.82) is 0 Å². The summed E-state index contributed by atoms with van der Waals surface area (Å²) < 4.78 is 4.87. The molecule has 2 amide bonds. The number of hydrogen-bond donors (Lipinski definition) is 3. The first kappa shape index (κ1) is 13.2. The maximum Gasteiger partial charge on any atom is 0.319 e. The summed E-state index contributed by atoms with van der Waals surface area (Å²) in [7, 11) is 0. The van der Waals surface area contributed by atoms with Crippen LogP contribution in [0.15, 0.2) is 47.3 Å². The summed E-state index contributed by atoms with van der Waals surface area (Å²) in [5, 5.41) is 15.1. The zero-order valence-corrected chi connectivity index (χ0v) is 10.6. The smallest absolute Gasteiger partial charge is 0.319 e. The number of urea groups is 1. The first-order valence-corrected chi connectivity index (χ1v) is 5.97. The van der Waals surface area contributed by atoms with Gasteiger partial charge in [0.2, 0.25) is 0 Å². The van der Waals surface area contributed by atoms with Crippen LogP contribution in [0.25, 0.3) is 0 Å². The van der Waals surface area contributed by atoms with Gasteiger partial charge < -0.3 is 20.2 Å². The molecule has 1 unspecified atom stereocenters. The maximum atomic E-state index is 11.7. The van der Waals surface area contributed by atoms with E-state index < -0.39 is 6.10 Å². The number of carbonyl (C=O) groups is 1. The van der Waals surface area contributed by atoms with E-state index in [0.717, 1.165) is 11.3 Å². The predicted molar refractivity (Wildman–Crippen MR) is 71.9 cm³/mol. The van der Waals surface area contributed by atoms with Gasteiger partial charge >= 0.3 is 6.03 Å². The van der Waals surface area contributed by atoms with E-state index in [4.69, 9.17) is 4.42 Å². The highest BCUT2D eigenvalue weighted by Crippen LogP contribution is 2.14. The van der Waals surface area contributed by atoms with E-state index in [2.05, 4.69) is 10.6 Å². The van der Waals surface area contributed by atoms with Crippen molar-refractivity contribution in [3.8, 4) is 0 Å². The number of para-hydroxylation sites is 1. The molecule has 5 heteroatoms. The second-order valence-corrected chi connectivity index (χ2v) is 4.22. The lowest BCUT2D eigenvalue weighted by molar-refractivity contribution is 0.174. The number of aliphatic hydroxyl groups excluding tert-OH is 1. The van der Waals surface area contributed by atoms with Gasteiger partial charge in [0, 0.05) is 17.8 Å². The van der Waals surface area contributed by atoms with E-state index in [1.165, 1.54) is 12.5 Å². The van der Waals surface area contributed by atoms with Crippen LogP contribution in [0.3, 0.4) is 0 Å². The van der Waals surface area contributed by atoms with Crippen molar-refractivity contribution >= 4 is 11.7 Å². The van der Waals surface area contributed by atoms with Crippen molar-refractivity contribution in [2.24, 2.45) is 0 Å². The topological polar surface area (TPSA) is 74.5 Å². The summed E-state index contributed by atoms with van der Waals surface area (Å²) in [5.74, 6) is 0. The summed E-state index contributed by atoms with van der Waals surface area (Å²) in [6, 6.07) is 8.80. The highest BCUT2D eigenvalue weighted by molar-refractivity contribution is 5.90. The van der Waals surface area contributed by atoms with E-state index in [0.29, 0.717) is 5.56 Å². The lowest BCUT2D eigenvalue weighted by Gasteiger charge is -2.12. The summed E-state index contributed by atoms with van der Waals surface area (Å²) in [6.07, 6.45) is 2.15. The minimum Gasteiger partial charge on any atom is -0.472 e. The zero-order valence-electron chi connectivity index (χ0n) is 10.6. The third-order valence-corrected chi connectivity index (χ3v) is 2.78. The van der Waals surface area contributed by atoms with E-state index in [9.17, 15) is 9.90 Å². The molecule has 1 atom stereocenters. The molecule has 0 spiro atoms. The fourth-order valence-electron chi connectivity index (χ4n) is 1.65. The first-order valence-electron chi connectivity index (χ1n) is 5.97. The Balaban J connectivity index is 1.84. The fraction of sp³-hybridized carbons (Fsp3) is 0.214. The Labute approximate surface area is 111 Å². The molecule has 1 aromatic carbocycles. The molecule has 0 aliphatic rings. The van der Waals surface area contributed by atoms with Crippen molar-refractivity contribution in [1.82, 2.24) is 5.32 Å². The van der Waals surface area contributed by atoms with E-state index in [-0.39, 0.29) is 12.6 Å². The van der Waals surface area contributed by atoms with Gasteiger partial charge in [-0.25, -0.2) is 4.79 Å². The lowest BCUT2D eigenvalue weighted by Crippen LogP contribution is -2.32. The Morgan fingerprint density at radius 3 is 2.84 bits per heavy atom. The van der Waals surface area contributed by atoms with Crippen LogP contribution in [0.1, 0.15) is 17.2 Å². The summed E-state index contributed by atoms with van der Waals surface area (Å²) >= 11 is 0. The van der Waals surface area contributed by atoms with Crippen LogP contribution in [-0.2, 0) is 0 Å². The molecule has 0 aliphatic heterocycles. The van der Waals surface area contributed by atoms with Crippen molar-refractivity contribution in [3.63, 3.8) is 0 Å². The number of aryl methyl sites for hydroxylation is 1. The van der Waals surface area contributed by atoms with Gasteiger partial charge in [-0.1, -0.05) is 18.2 Å². The van der Waals surface area contributed by atoms with Crippen LogP contribution in [0.4, 0.5) is 10.5 Å². The average molecular weight is 260 g/mol. The number of rotatable bonds is 4. The molecule has 1 aromatic heterocycles. The Bertz CT molecular complexity index is 537. The Morgan fingerprint density at radius 2 is 2.16 bits per heavy atom. The number of furan rings is 1. The highest BCUT2D eigenvalue weighted by atomic mass is 16.3. The van der Waals surface area contributed by atoms with Gasteiger partial charge in [0.1, 0.15) is 0 Å². The second-order valence-electron chi connectivity index (χ2n) is 4.22. The van der Waals surface area contributed by atoms with Crippen LogP contribution in [0, 0.1) is 6.92 Å². The van der Waals surface area contributed by atoms with Gasteiger partial charge in [-0.15, -0.1) is 0 Å². The van der Waals surface area contributed by atoms with Gasteiger partial charge in [-0.05, 0) is 24.6 Å². The molecule has 0 aliphatic carbocycles. The lowest BCUT2D eigenvalue weighted by atomic mass is 10.2. The van der Waals surface area contributed by atoms with Crippen molar-refractivity contribution in [2.45, 2.75) is 13.0 Å². The van der Waals surface area contributed by atoms with Gasteiger partial charge in [0.05, 0.1) is 18.6 Å². The Kier molecular flexibility index (Phi) is 4.20. The summed E-state index contributed by atoms with van der Waals surface area (Å²) in [5.41, 5.74) is 2.36. The Hall–Kier alpha value is -2.27. The summed E-state index contributed by atoms with van der Waals surface area (Å²) in [4.78, 5) is 11.7. The number of benzene rings is 1. The van der Waals surface area contributed by atoms with Crippen LogP contribution in [0.5, 0.6) is 0 Å². The molecular formula is C14H16N2O3. The molecular weight excluding hydrogens is 244 g/mol. The third-order valence-electron chi connectivity index (χ3n) is 2.78. The fourth-order valence-corrected chi connectivity index (χ4v) is 1.65. The molecule has 100 valence electrons. The molecule has 19 heavy (non-hydrogen) atoms. The van der Waals surface area contributed by atoms with Crippen molar-refractivity contribution in [2.75, 3.05) is 11.9 Å². The van der Waals surface area contributed by atoms with Crippen molar-refractivity contribution in [3.05, 3.63) is 54.0 Å². The largest absolute Gasteiger partial charge is 0.472 e. The minimum absolute atomic E-state index is 0.122. The minimum atomic E-state index is -0.777. The van der Waals surface area contributed by atoms with Crippen LogP contribution in [0.2, 0.25) is 0 Å². The van der Waals surface area contributed by atoms with Crippen LogP contribution in [-0.4, -0.2) is 17.7 Å². The number of hydrogen-bond acceptors (Lipinski definition) is 3. The van der Waals surface area contributed by atoms with Gasteiger partial charge in [-0.3, -0.25) is 0 Å². The SMILES string of the molecule is Cc1ccccc1NC(=O)NCC(O)c1ccoc1. The van der Waals surface area contributed by atoms with Gasteiger partial charge in [-0.2, -0.15) is 0 Å². The molecule has 2 rings (SSSR count). The molecule has 5 nitrogen and oxygen atoms in total. The number of aliphatic hydroxyl groups is 1. The van der Waals surface area contributed by atoms with Gasteiger partial charge in [0.15, 0.2) is 0 Å². The van der Waals surface area contributed by atoms with E-state index in [1.54, 1.807) is 6.07 Å². The second kappa shape index (κ2) is 6.06.